The molecule has 6 heteroatoms. The Morgan fingerprint density at radius 2 is 1.83 bits per heavy atom. The third kappa shape index (κ3) is 6.91. The highest BCUT2D eigenvalue weighted by Gasteiger charge is 2.19. The second-order valence-electron chi connectivity index (χ2n) is 7.39. The van der Waals surface area contributed by atoms with Crippen LogP contribution >= 0.6 is 0 Å². The van der Waals surface area contributed by atoms with Gasteiger partial charge in [-0.15, -0.1) is 0 Å². The summed E-state index contributed by atoms with van der Waals surface area (Å²) in [5.41, 5.74) is 3.01. The van der Waals surface area contributed by atoms with Crippen LogP contribution in [0.5, 0.6) is 5.75 Å². The van der Waals surface area contributed by atoms with Crippen molar-refractivity contribution in [3.63, 3.8) is 0 Å². The van der Waals surface area contributed by atoms with Crippen LogP contribution in [0.2, 0.25) is 0 Å². The van der Waals surface area contributed by atoms with E-state index in [1.54, 1.807) is 0 Å². The highest BCUT2D eigenvalue weighted by Crippen LogP contribution is 2.13. The van der Waals surface area contributed by atoms with Crippen LogP contribution in [0.4, 0.5) is 5.69 Å². The zero-order valence-electron chi connectivity index (χ0n) is 16.9. The number of amides is 2. The number of carbonyl (C=O) groups excluding carboxylic acids is 2. The Morgan fingerprint density at radius 1 is 1.07 bits per heavy atom. The van der Waals surface area contributed by atoms with Gasteiger partial charge >= 0.3 is 0 Å². The van der Waals surface area contributed by atoms with E-state index in [2.05, 4.69) is 16.0 Å². The maximum atomic E-state index is 12.1. The molecule has 1 fully saturated rings. The quantitative estimate of drug-likeness (QED) is 0.642. The Morgan fingerprint density at radius 3 is 2.52 bits per heavy atom. The van der Waals surface area contributed by atoms with Crippen molar-refractivity contribution in [2.45, 2.75) is 38.6 Å². The predicted molar refractivity (Wildman–Crippen MR) is 114 cm³/mol. The zero-order valence-corrected chi connectivity index (χ0v) is 16.9. The van der Waals surface area contributed by atoms with Gasteiger partial charge in [0.1, 0.15) is 5.75 Å². The molecule has 2 amide bonds. The SMILES string of the molecule is Cc1ccc(NC(=O)COc2ccc(CCNC(=O)C3CCCCN3)cc2)cc1. The number of benzene rings is 2. The van der Waals surface area contributed by atoms with E-state index in [0.717, 1.165) is 49.0 Å². The maximum Gasteiger partial charge on any atom is 0.262 e. The minimum Gasteiger partial charge on any atom is -0.484 e. The second-order valence-corrected chi connectivity index (χ2v) is 7.39. The summed E-state index contributed by atoms with van der Waals surface area (Å²) in [6, 6.07) is 15.2. The van der Waals surface area contributed by atoms with E-state index in [1.807, 2.05) is 55.5 Å². The van der Waals surface area contributed by atoms with Gasteiger partial charge in [0.15, 0.2) is 6.61 Å². The first-order valence-electron chi connectivity index (χ1n) is 10.2. The minimum absolute atomic E-state index is 0.0440. The normalized spacial score (nSPS) is 16.1. The largest absolute Gasteiger partial charge is 0.484 e. The fourth-order valence-corrected chi connectivity index (χ4v) is 3.26. The number of nitrogens with one attached hydrogen (secondary N) is 3. The van der Waals surface area contributed by atoms with Crippen molar-refractivity contribution in [3.05, 3.63) is 59.7 Å². The number of piperidine rings is 1. The van der Waals surface area contributed by atoms with Crippen molar-refractivity contribution < 1.29 is 14.3 Å². The third-order valence-corrected chi connectivity index (χ3v) is 4.97. The standard InChI is InChI=1S/C23H29N3O3/c1-17-5-9-19(10-6-17)26-22(27)16-29-20-11-7-18(8-12-20)13-15-25-23(28)21-4-2-3-14-24-21/h5-12,21,24H,2-4,13-16H2,1H3,(H,25,28)(H,26,27). The Kier molecular flexibility index (Phi) is 7.64. The first-order valence-corrected chi connectivity index (χ1v) is 10.2. The minimum atomic E-state index is -0.197. The summed E-state index contributed by atoms with van der Waals surface area (Å²) in [6.45, 7) is 3.48. The number of rotatable bonds is 8. The topological polar surface area (TPSA) is 79.5 Å². The first kappa shape index (κ1) is 20.9. The van der Waals surface area contributed by atoms with E-state index < -0.39 is 0 Å². The highest BCUT2D eigenvalue weighted by atomic mass is 16.5. The number of anilines is 1. The summed E-state index contributed by atoms with van der Waals surface area (Å²) >= 11 is 0. The van der Waals surface area contributed by atoms with Crippen LogP contribution in [0.3, 0.4) is 0 Å². The van der Waals surface area contributed by atoms with Crippen molar-refractivity contribution in [3.8, 4) is 5.75 Å². The lowest BCUT2D eigenvalue weighted by molar-refractivity contribution is -0.123. The molecule has 6 nitrogen and oxygen atoms in total. The van der Waals surface area contributed by atoms with Gasteiger partial charge in [-0.1, -0.05) is 36.2 Å². The van der Waals surface area contributed by atoms with Gasteiger partial charge in [0, 0.05) is 12.2 Å². The first-order chi connectivity index (χ1) is 14.1. The fourth-order valence-electron chi connectivity index (χ4n) is 3.26. The van der Waals surface area contributed by atoms with E-state index in [9.17, 15) is 9.59 Å². The van der Waals surface area contributed by atoms with Gasteiger partial charge in [0.25, 0.3) is 5.91 Å². The molecule has 0 spiro atoms. The lowest BCUT2D eigenvalue weighted by Crippen LogP contribution is -2.47. The van der Waals surface area contributed by atoms with Crippen molar-refractivity contribution in [1.82, 2.24) is 10.6 Å². The summed E-state index contributed by atoms with van der Waals surface area (Å²) in [7, 11) is 0. The number of hydrogen-bond acceptors (Lipinski definition) is 4. The summed E-state index contributed by atoms with van der Waals surface area (Å²) in [6.07, 6.45) is 3.92. The molecule has 3 N–H and O–H groups in total. The molecule has 2 aromatic carbocycles. The number of carbonyl (C=O) groups is 2. The lowest BCUT2D eigenvalue weighted by Gasteiger charge is -2.22. The van der Waals surface area contributed by atoms with E-state index in [0.29, 0.717) is 12.3 Å². The van der Waals surface area contributed by atoms with Crippen molar-refractivity contribution in [2.75, 3.05) is 25.0 Å². The average Bonchev–Trinajstić information content (AvgIpc) is 2.75. The van der Waals surface area contributed by atoms with Crippen molar-refractivity contribution in [1.29, 1.82) is 0 Å². The molecule has 1 atom stereocenters. The van der Waals surface area contributed by atoms with Gasteiger partial charge in [0.2, 0.25) is 5.91 Å². The number of ether oxygens (including phenoxy) is 1. The summed E-state index contributed by atoms with van der Waals surface area (Å²) in [5, 5.41) is 9.06. The molecule has 1 aliphatic heterocycles. The fraction of sp³-hybridized carbons (Fsp3) is 0.391. The van der Waals surface area contributed by atoms with Crippen LogP contribution in [0.1, 0.15) is 30.4 Å². The van der Waals surface area contributed by atoms with Gasteiger partial charge in [-0.25, -0.2) is 0 Å². The molecule has 0 bridgehead atoms. The van der Waals surface area contributed by atoms with Crippen LogP contribution in [-0.4, -0.2) is 37.6 Å². The van der Waals surface area contributed by atoms with Crippen molar-refractivity contribution in [2.24, 2.45) is 0 Å². The van der Waals surface area contributed by atoms with E-state index >= 15 is 0 Å². The van der Waals surface area contributed by atoms with Gasteiger partial charge in [-0.3, -0.25) is 9.59 Å². The molecule has 2 aromatic rings. The van der Waals surface area contributed by atoms with Crippen LogP contribution in [0.25, 0.3) is 0 Å². The van der Waals surface area contributed by atoms with Crippen molar-refractivity contribution >= 4 is 17.5 Å². The molecule has 29 heavy (non-hydrogen) atoms. The maximum absolute atomic E-state index is 12.1. The Hall–Kier alpha value is -2.86. The molecule has 3 rings (SSSR count). The number of hydrogen-bond donors (Lipinski definition) is 3. The molecule has 1 unspecified atom stereocenters. The zero-order chi connectivity index (χ0) is 20.5. The Labute approximate surface area is 172 Å². The summed E-state index contributed by atoms with van der Waals surface area (Å²) in [5.74, 6) is 0.532. The second kappa shape index (κ2) is 10.6. The molecule has 0 saturated carbocycles. The van der Waals surface area contributed by atoms with Gasteiger partial charge < -0.3 is 20.7 Å². The predicted octanol–water partition coefficient (Wildman–Crippen LogP) is 2.81. The molecule has 0 aliphatic carbocycles. The molecule has 0 radical (unpaired) electrons. The molecule has 1 aliphatic rings. The van der Waals surface area contributed by atoms with E-state index in [-0.39, 0.29) is 24.5 Å². The van der Waals surface area contributed by atoms with E-state index in [4.69, 9.17) is 4.74 Å². The molecular formula is C23H29N3O3. The monoisotopic (exact) mass is 395 g/mol. The van der Waals surface area contributed by atoms with E-state index in [1.165, 1.54) is 0 Å². The third-order valence-electron chi connectivity index (χ3n) is 4.97. The van der Waals surface area contributed by atoms with Gasteiger partial charge in [-0.2, -0.15) is 0 Å². The molecule has 1 saturated heterocycles. The Bertz CT molecular complexity index is 797. The highest BCUT2D eigenvalue weighted by molar-refractivity contribution is 5.91. The Balaban J connectivity index is 1.36. The van der Waals surface area contributed by atoms with Crippen LogP contribution in [0, 0.1) is 6.92 Å². The summed E-state index contributed by atoms with van der Waals surface area (Å²) in [4.78, 5) is 24.1. The lowest BCUT2D eigenvalue weighted by atomic mass is 10.0. The van der Waals surface area contributed by atoms with Gasteiger partial charge in [0.05, 0.1) is 6.04 Å². The number of aryl methyl sites for hydroxylation is 1. The average molecular weight is 396 g/mol. The molecule has 154 valence electrons. The smallest absolute Gasteiger partial charge is 0.262 e. The van der Waals surface area contributed by atoms with Crippen LogP contribution < -0.4 is 20.7 Å². The molecule has 0 aromatic heterocycles. The van der Waals surface area contributed by atoms with Crippen LogP contribution in [0.15, 0.2) is 48.5 Å². The van der Waals surface area contributed by atoms with Gasteiger partial charge in [-0.05, 0) is 62.6 Å². The summed E-state index contributed by atoms with van der Waals surface area (Å²) < 4.78 is 5.55. The molecular weight excluding hydrogens is 366 g/mol. The molecule has 1 heterocycles. The van der Waals surface area contributed by atoms with Crippen LogP contribution in [-0.2, 0) is 16.0 Å².